The van der Waals surface area contributed by atoms with Gasteiger partial charge < -0.3 is 9.80 Å². The molecule has 1 rings (SSSR count). The van der Waals surface area contributed by atoms with Crippen LogP contribution in [0.3, 0.4) is 0 Å². The Bertz CT molecular complexity index is 288. The highest BCUT2D eigenvalue weighted by molar-refractivity contribution is 5.85. The molecule has 0 unspecified atom stereocenters. The first-order valence-electron chi connectivity index (χ1n) is 9.71. The second-order valence-corrected chi connectivity index (χ2v) is 5.10. The number of nitrogens with zero attached hydrogens (tertiary/aromatic N) is 3. The summed E-state index contributed by atoms with van der Waals surface area (Å²) in [5.74, 6) is 0.131. The summed E-state index contributed by atoms with van der Waals surface area (Å²) in [5, 5.41) is 0. The Morgan fingerprint density at radius 2 is 1.38 bits per heavy atom. The lowest BCUT2D eigenvalue weighted by atomic mass is 10.3. The van der Waals surface area contributed by atoms with Crippen molar-refractivity contribution in [2.24, 2.45) is 0 Å². The number of carbonyl (C=O) groups is 2. The van der Waals surface area contributed by atoms with Crippen LogP contribution in [0, 0.1) is 0 Å². The number of ketones is 1. The monoisotopic (exact) mass is 345 g/mol. The molecule has 0 N–H and O–H groups in total. The fourth-order valence-corrected chi connectivity index (χ4v) is 2.13. The molecular formula is C19H43N3O2. The first-order valence-corrected chi connectivity index (χ1v) is 9.71. The van der Waals surface area contributed by atoms with Crippen LogP contribution in [-0.4, -0.2) is 79.3 Å². The number of Topliss-reactive ketones (excluding diaryl/α,β-unsaturated/α-hetero) is 1. The van der Waals surface area contributed by atoms with Crippen molar-refractivity contribution in [1.29, 1.82) is 0 Å². The Morgan fingerprint density at radius 3 is 1.75 bits per heavy atom. The molecule has 1 aliphatic rings. The third-order valence-electron chi connectivity index (χ3n) is 3.21. The van der Waals surface area contributed by atoms with Crippen LogP contribution in [0.4, 0.5) is 0 Å². The Hall–Kier alpha value is -0.940. The van der Waals surface area contributed by atoms with Gasteiger partial charge in [0.1, 0.15) is 5.78 Å². The molecule has 0 aromatic carbocycles. The molecule has 0 aromatic heterocycles. The lowest BCUT2D eigenvalue weighted by Gasteiger charge is -2.33. The predicted molar refractivity (Wildman–Crippen MR) is 106 cm³/mol. The van der Waals surface area contributed by atoms with Crippen molar-refractivity contribution in [2.75, 3.05) is 52.9 Å². The molecule has 0 radical (unpaired) electrons. The van der Waals surface area contributed by atoms with Gasteiger partial charge in [-0.15, -0.1) is 0 Å². The minimum Gasteiger partial charge on any atom is -0.334 e. The van der Waals surface area contributed by atoms with E-state index in [4.69, 9.17) is 0 Å². The van der Waals surface area contributed by atoms with E-state index in [9.17, 15) is 9.59 Å². The number of hydrogen-bond acceptors (Lipinski definition) is 4. The Labute approximate surface area is 151 Å². The van der Waals surface area contributed by atoms with E-state index in [1.54, 1.807) is 4.90 Å². The standard InChI is InChI=1S/C13H25N3O2.3C2H6/c1-4-5-16(10-12(2)17)13(18)11-15-8-6-14(3)7-9-15;3*1-2/h4-11H2,1-3H3;3*1-2H3. The van der Waals surface area contributed by atoms with Gasteiger partial charge in [0.05, 0.1) is 13.1 Å². The lowest BCUT2D eigenvalue weighted by Crippen LogP contribution is -2.49. The highest BCUT2D eigenvalue weighted by Gasteiger charge is 2.20. The van der Waals surface area contributed by atoms with Gasteiger partial charge in [0, 0.05) is 32.7 Å². The fourth-order valence-electron chi connectivity index (χ4n) is 2.13. The first-order chi connectivity index (χ1) is 11.5. The number of piperazine rings is 1. The third-order valence-corrected chi connectivity index (χ3v) is 3.21. The Morgan fingerprint density at radius 1 is 0.917 bits per heavy atom. The van der Waals surface area contributed by atoms with Crippen molar-refractivity contribution in [3.63, 3.8) is 0 Å². The van der Waals surface area contributed by atoms with Gasteiger partial charge in [-0.1, -0.05) is 48.5 Å². The minimum absolute atomic E-state index is 0.0511. The van der Waals surface area contributed by atoms with E-state index in [2.05, 4.69) is 16.8 Å². The van der Waals surface area contributed by atoms with Crippen molar-refractivity contribution < 1.29 is 9.59 Å². The average molecular weight is 346 g/mol. The SMILES string of the molecule is CC.CC.CC.CCCN(CC(C)=O)C(=O)CN1CCN(C)CC1. The highest BCUT2D eigenvalue weighted by atomic mass is 16.2. The van der Waals surface area contributed by atoms with E-state index in [-0.39, 0.29) is 18.2 Å². The van der Waals surface area contributed by atoms with E-state index >= 15 is 0 Å². The molecule has 5 heteroatoms. The second-order valence-electron chi connectivity index (χ2n) is 5.10. The summed E-state index contributed by atoms with van der Waals surface area (Å²) in [6.45, 7) is 20.8. The molecule has 0 aromatic rings. The molecule has 0 atom stereocenters. The van der Waals surface area contributed by atoms with Crippen LogP contribution in [0.1, 0.15) is 61.8 Å². The van der Waals surface area contributed by atoms with Gasteiger partial charge in [-0.2, -0.15) is 0 Å². The van der Waals surface area contributed by atoms with Crippen LogP contribution >= 0.6 is 0 Å². The maximum atomic E-state index is 12.1. The zero-order chi connectivity index (χ0) is 19.5. The maximum absolute atomic E-state index is 12.1. The summed E-state index contributed by atoms with van der Waals surface area (Å²) < 4.78 is 0. The number of carbonyl (C=O) groups excluding carboxylic acids is 2. The molecule has 24 heavy (non-hydrogen) atoms. The summed E-state index contributed by atoms with van der Waals surface area (Å²) in [6, 6.07) is 0. The molecule has 1 aliphatic heterocycles. The summed E-state index contributed by atoms with van der Waals surface area (Å²) in [6.07, 6.45) is 0.891. The summed E-state index contributed by atoms with van der Waals surface area (Å²) in [4.78, 5) is 29.4. The third kappa shape index (κ3) is 14.6. The van der Waals surface area contributed by atoms with Crippen molar-refractivity contribution in [3.8, 4) is 0 Å². The largest absolute Gasteiger partial charge is 0.334 e. The number of likely N-dealkylation sites (N-methyl/N-ethyl adjacent to an activating group) is 1. The highest BCUT2D eigenvalue weighted by Crippen LogP contribution is 2.01. The Kier molecular flexibility index (Phi) is 23.4. The smallest absolute Gasteiger partial charge is 0.237 e. The normalized spacial score (nSPS) is 14.0. The van der Waals surface area contributed by atoms with Crippen molar-refractivity contribution in [2.45, 2.75) is 61.8 Å². The van der Waals surface area contributed by atoms with Gasteiger partial charge in [-0.25, -0.2) is 0 Å². The first kappa shape index (κ1) is 27.9. The molecule has 1 fully saturated rings. The molecule has 0 saturated carbocycles. The van der Waals surface area contributed by atoms with E-state index in [1.165, 1.54) is 6.92 Å². The molecule has 5 nitrogen and oxygen atoms in total. The van der Waals surface area contributed by atoms with E-state index in [0.29, 0.717) is 13.1 Å². The van der Waals surface area contributed by atoms with Crippen LogP contribution in [0.5, 0.6) is 0 Å². The maximum Gasteiger partial charge on any atom is 0.237 e. The number of rotatable bonds is 6. The summed E-state index contributed by atoms with van der Waals surface area (Å²) in [7, 11) is 2.10. The molecule has 0 spiro atoms. The molecule has 0 aliphatic carbocycles. The zero-order valence-electron chi connectivity index (χ0n) is 17.8. The van der Waals surface area contributed by atoms with Gasteiger partial charge in [0.2, 0.25) is 5.91 Å². The van der Waals surface area contributed by atoms with Gasteiger partial charge in [0.15, 0.2) is 0 Å². The quantitative estimate of drug-likeness (QED) is 0.742. The molecular weight excluding hydrogens is 302 g/mol. The fraction of sp³-hybridized carbons (Fsp3) is 0.895. The van der Waals surface area contributed by atoms with Crippen LogP contribution in [0.15, 0.2) is 0 Å². The molecule has 1 saturated heterocycles. The zero-order valence-corrected chi connectivity index (χ0v) is 17.8. The molecule has 1 heterocycles. The van der Waals surface area contributed by atoms with Gasteiger partial charge in [0.25, 0.3) is 0 Å². The van der Waals surface area contributed by atoms with Gasteiger partial charge in [-0.05, 0) is 20.4 Å². The van der Waals surface area contributed by atoms with Crippen molar-refractivity contribution >= 4 is 11.7 Å². The van der Waals surface area contributed by atoms with Gasteiger partial charge >= 0.3 is 0 Å². The summed E-state index contributed by atoms with van der Waals surface area (Å²) >= 11 is 0. The number of amides is 1. The van der Waals surface area contributed by atoms with Crippen LogP contribution in [-0.2, 0) is 9.59 Å². The molecule has 1 amide bonds. The topological polar surface area (TPSA) is 43.9 Å². The van der Waals surface area contributed by atoms with E-state index in [0.717, 1.165) is 32.6 Å². The van der Waals surface area contributed by atoms with Crippen LogP contribution in [0.25, 0.3) is 0 Å². The van der Waals surface area contributed by atoms with E-state index < -0.39 is 0 Å². The van der Waals surface area contributed by atoms with E-state index in [1.807, 2.05) is 48.5 Å². The Balaban J connectivity index is -0.000000659. The van der Waals surface area contributed by atoms with Crippen LogP contribution in [0.2, 0.25) is 0 Å². The number of hydrogen-bond donors (Lipinski definition) is 0. The summed E-state index contributed by atoms with van der Waals surface area (Å²) in [5.41, 5.74) is 0. The van der Waals surface area contributed by atoms with Crippen molar-refractivity contribution in [1.82, 2.24) is 14.7 Å². The minimum atomic E-state index is 0.0511. The predicted octanol–water partition coefficient (Wildman–Crippen LogP) is 3.14. The molecule has 0 bridgehead atoms. The average Bonchev–Trinajstić information content (AvgIpc) is 2.61. The lowest BCUT2D eigenvalue weighted by molar-refractivity contribution is -0.136. The van der Waals surface area contributed by atoms with Crippen LogP contribution < -0.4 is 0 Å². The van der Waals surface area contributed by atoms with Gasteiger partial charge in [-0.3, -0.25) is 14.5 Å². The molecule has 146 valence electrons. The van der Waals surface area contributed by atoms with Crippen molar-refractivity contribution in [3.05, 3.63) is 0 Å². The second kappa shape index (κ2) is 20.1.